The Morgan fingerprint density at radius 1 is 1.61 bits per heavy atom. The predicted molar refractivity (Wildman–Crippen MR) is 63.2 cm³/mol. The number of carbonyl (C=O) groups is 1. The van der Waals surface area contributed by atoms with Gasteiger partial charge in [-0.15, -0.1) is 0 Å². The van der Waals surface area contributed by atoms with Crippen LogP contribution in [0.1, 0.15) is 18.1 Å². The summed E-state index contributed by atoms with van der Waals surface area (Å²) in [6.45, 7) is 1.79. The van der Waals surface area contributed by atoms with Crippen LogP contribution < -0.4 is 0 Å². The second kappa shape index (κ2) is 5.98. The van der Waals surface area contributed by atoms with E-state index in [1.54, 1.807) is 13.0 Å². The summed E-state index contributed by atoms with van der Waals surface area (Å²) >= 11 is 5.83. The third-order valence-electron chi connectivity index (χ3n) is 2.16. The van der Waals surface area contributed by atoms with Gasteiger partial charge in [-0.25, -0.2) is 0 Å². The van der Waals surface area contributed by atoms with Gasteiger partial charge >= 0.3 is 5.97 Å². The lowest BCUT2D eigenvalue weighted by Gasteiger charge is -2.06. The largest absolute Gasteiger partial charge is 0.466 e. The second-order valence-corrected chi connectivity index (χ2v) is 3.68. The lowest BCUT2D eigenvalue weighted by atomic mass is 10.1. The molecule has 7 heteroatoms. The zero-order valence-corrected chi connectivity index (χ0v) is 10.2. The first-order valence-electron chi connectivity index (χ1n) is 5.02. The minimum absolute atomic E-state index is 0.000772. The molecule has 0 aliphatic heterocycles. The van der Waals surface area contributed by atoms with E-state index in [-0.39, 0.29) is 29.2 Å². The van der Waals surface area contributed by atoms with Crippen molar-refractivity contribution in [3.8, 4) is 6.07 Å². The third-order valence-corrected chi connectivity index (χ3v) is 2.51. The predicted octanol–water partition coefficient (Wildman–Crippen LogP) is 2.23. The van der Waals surface area contributed by atoms with E-state index >= 15 is 0 Å². The number of nitro benzene ring substituents is 1. The van der Waals surface area contributed by atoms with Gasteiger partial charge in [-0.2, -0.15) is 5.26 Å². The van der Waals surface area contributed by atoms with Crippen LogP contribution in [0.4, 0.5) is 5.69 Å². The molecule has 0 N–H and O–H groups in total. The number of nitrogens with zero attached hydrogens (tertiary/aromatic N) is 2. The molecule has 0 saturated carbocycles. The fourth-order valence-electron chi connectivity index (χ4n) is 1.43. The molecule has 1 aromatic carbocycles. The first kappa shape index (κ1) is 13.9. The third kappa shape index (κ3) is 2.96. The van der Waals surface area contributed by atoms with Crippen molar-refractivity contribution in [3.63, 3.8) is 0 Å². The molecule has 0 unspecified atom stereocenters. The van der Waals surface area contributed by atoms with E-state index < -0.39 is 16.6 Å². The Kier molecular flexibility index (Phi) is 4.63. The monoisotopic (exact) mass is 268 g/mol. The number of benzene rings is 1. The molecule has 0 spiro atoms. The molecule has 0 bridgehead atoms. The van der Waals surface area contributed by atoms with E-state index in [1.165, 1.54) is 12.1 Å². The van der Waals surface area contributed by atoms with Crippen LogP contribution in [0.5, 0.6) is 0 Å². The Labute approximate surface area is 108 Å². The number of carbonyl (C=O) groups excluding carboxylic acids is 1. The van der Waals surface area contributed by atoms with Crippen LogP contribution >= 0.6 is 11.6 Å². The second-order valence-electron chi connectivity index (χ2n) is 3.27. The molecule has 94 valence electrons. The van der Waals surface area contributed by atoms with Crippen molar-refractivity contribution in [2.75, 3.05) is 6.61 Å². The van der Waals surface area contributed by atoms with Gasteiger partial charge in [-0.05, 0) is 19.1 Å². The Morgan fingerprint density at radius 3 is 2.78 bits per heavy atom. The van der Waals surface area contributed by atoms with Crippen molar-refractivity contribution >= 4 is 23.3 Å². The first-order valence-corrected chi connectivity index (χ1v) is 5.40. The van der Waals surface area contributed by atoms with Crippen LogP contribution in [-0.4, -0.2) is 17.5 Å². The molecular weight excluding hydrogens is 260 g/mol. The molecule has 6 nitrogen and oxygen atoms in total. The van der Waals surface area contributed by atoms with E-state index in [4.69, 9.17) is 21.6 Å². The van der Waals surface area contributed by atoms with E-state index in [2.05, 4.69) is 0 Å². The number of ether oxygens (including phenoxy) is 1. The van der Waals surface area contributed by atoms with Crippen molar-refractivity contribution in [1.29, 1.82) is 5.26 Å². The lowest BCUT2D eigenvalue weighted by Crippen LogP contribution is -2.10. The molecule has 0 saturated heterocycles. The van der Waals surface area contributed by atoms with Crippen LogP contribution in [0.3, 0.4) is 0 Å². The number of hydrogen-bond donors (Lipinski definition) is 0. The highest BCUT2D eigenvalue weighted by Crippen LogP contribution is 2.30. The maximum atomic E-state index is 11.4. The standard InChI is InChI=1S/C11H9ClN2O4/c1-2-18-10(15)5-8-9(12)4-3-7(6-13)11(8)14(16)17/h3-4H,2,5H2,1H3. The normalized spacial score (nSPS) is 9.61. The van der Waals surface area contributed by atoms with Crippen LogP contribution in [0.15, 0.2) is 12.1 Å². The summed E-state index contributed by atoms with van der Waals surface area (Å²) in [7, 11) is 0. The average molecular weight is 269 g/mol. The first-order chi connectivity index (χ1) is 8.51. The van der Waals surface area contributed by atoms with Crippen LogP contribution in [-0.2, 0) is 16.0 Å². The number of nitriles is 1. The summed E-state index contributed by atoms with van der Waals surface area (Å²) in [6, 6.07) is 4.29. The van der Waals surface area contributed by atoms with Crippen molar-refractivity contribution in [1.82, 2.24) is 0 Å². The van der Waals surface area contributed by atoms with Gasteiger partial charge in [0.1, 0.15) is 11.6 Å². The van der Waals surface area contributed by atoms with Gasteiger partial charge in [0.05, 0.1) is 28.5 Å². The van der Waals surface area contributed by atoms with Crippen LogP contribution in [0.25, 0.3) is 0 Å². The zero-order valence-electron chi connectivity index (χ0n) is 9.47. The smallest absolute Gasteiger partial charge is 0.310 e. The van der Waals surface area contributed by atoms with E-state index in [1.807, 2.05) is 0 Å². The SMILES string of the molecule is CCOC(=O)Cc1c(Cl)ccc(C#N)c1[N+](=O)[O-]. The van der Waals surface area contributed by atoms with Gasteiger partial charge in [0.15, 0.2) is 0 Å². The maximum absolute atomic E-state index is 11.4. The van der Waals surface area contributed by atoms with Gasteiger partial charge in [0, 0.05) is 0 Å². The fraction of sp³-hybridized carbons (Fsp3) is 0.273. The Hall–Kier alpha value is -2.13. The minimum Gasteiger partial charge on any atom is -0.466 e. The summed E-state index contributed by atoms with van der Waals surface area (Å²) in [5, 5.41) is 19.8. The summed E-state index contributed by atoms with van der Waals surface area (Å²) in [4.78, 5) is 21.6. The zero-order chi connectivity index (χ0) is 13.7. The Bertz CT molecular complexity index is 537. The molecule has 0 fully saturated rings. The molecular formula is C11H9ClN2O4. The summed E-state index contributed by atoms with van der Waals surface area (Å²) in [6.07, 6.45) is -0.335. The minimum atomic E-state index is -0.723. The van der Waals surface area contributed by atoms with Crippen molar-refractivity contribution in [3.05, 3.63) is 38.4 Å². The van der Waals surface area contributed by atoms with Crippen molar-refractivity contribution in [2.45, 2.75) is 13.3 Å². The highest BCUT2D eigenvalue weighted by atomic mass is 35.5. The highest BCUT2D eigenvalue weighted by molar-refractivity contribution is 6.32. The molecule has 0 aliphatic carbocycles. The summed E-state index contributed by atoms with van der Waals surface area (Å²) < 4.78 is 4.71. The van der Waals surface area contributed by atoms with Gasteiger partial charge in [-0.3, -0.25) is 14.9 Å². The molecule has 0 aliphatic rings. The fourth-order valence-corrected chi connectivity index (χ4v) is 1.65. The molecule has 1 rings (SSSR count). The molecule has 0 heterocycles. The average Bonchev–Trinajstić information content (AvgIpc) is 2.31. The molecule has 0 amide bonds. The topological polar surface area (TPSA) is 93.2 Å². The van der Waals surface area contributed by atoms with E-state index in [0.717, 1.165) is 0 Å². The number of esters is 1. The van der Waals surface area contributed by atoms with Crippen LogP contribution in [0, 0.1) is 21.4 Å². The Balaban J connectivity index is 3.28. The molecule has 0 atom stereocenters. The molecule has 1 aromatic rings. The van der Waals surface area contributed by atoms with Gasteiger partial charge in [0.25, 0.3) is 5.69 Å². The van der Waals surface area contributed by atoms with Crippen LogP contribution in [0.2, 0.25) is 5.02 Å². The number of hydrogen-bond acceptors (Lipinski definition) is 5. The van der Waals surface area contributed by atoms with Crippen molar-refractivity contribution < 1.29 is 14.5 Å². The Morgan fingerprint density at radius 2 is 2.28 bits per heavy atom. The van der Waals surface area contributed by atoms with Gasteiger partial charge in [0.2, 0.25) is 0 Å². The van der Waals surface area contributed by atoms with Gasteiger partial charge < -0.3 is 4.74 Å². The van der Waals surface area contributed by atoms with Crippen molar-refractivity contribution in [2.24, 2.45) is 0 Å². The number of rotatable bonds is 4. The maximum Gasteiger partial charge on any atom is 0.310 e. The van der Waals surface area contributed by atoms with E-state index in [0.29, 0.717) is 0 Å². The number of halogens is 1. The van der Waals surface area contributed by atoms with E-state index in [9.17, 15) is 14.9 Å². The van der Waals surface area contributed by atoms with Gasteiger partial charge in [-0.1, -0.05) is 11.6 Å². The summed E-state index contributed by atoms with van der Waals surface area (Å²) in [5.74, 6) is -0.627. The number of nitro groups is 1. The lowest BCUT2D eigenvalue weighted by molar-refractivity contribution is -0.385. The quantitative estimate of drug-likeness (QED) is 0.474. The molecule has 18 heavy (non-hydrogen) atoms. The molecule has 0 aromatic heterocycles. The molecule has 0 radical (unpaired) electrons. The highest BCUT2D eigenvalue weighted by Gasteiger charge is 2.24. The summed E-state index contributed by atoms with van der Waals surface area (Å²) in [5.41, 5.74) is -0.582.